The molecule has 0 aliphatic rings. The van der Waals surface area contributed by atoms with Gasteiger partial charge in [0.2, 0.25) is 0 Å². The first-order valence-corrected chi connectivity index (χ1v) is 7.39. The lowest BCUT2D eigenvalue weighted by Crippen LogP contribution is -2.14. The Bertz CT molecular complexity index is 932. The van der Waals surface area contributed by atoms with Gasteiger partial charge in [0.25, 0.3) is 5.91 Å². The van der Waals surface area contributed by atoms with Gasteiger partial charge >= 0.3 is 0 Å². The van der Waals surface area contributed by atoms with Gasteiger partial charge in [-0.05, 0) is 24.3 Å². The Labute approximate surface area is 145 Å². The molecule has 0 atom stereocenters. The molecule has 0 saturated heterocycles. The first kappa shape index (κ1) is 16.8. The average molecular weight is 362 g/mol. The third kappa shape index (κ3) is 3.41. The Hall–Kier alpha value is -3.06. The molecular formula is C17H10ClF2N3O2. The van der Waals surface area contributed by atoms with Crippen molar-refractivity contribution >= 4 is 23.2 Å². The fourth-order valence-electron chi connectivity index (χ4n) is 2.18. The Balaban J connectivity index is 1.95. The van der Waals surface area contributed by atoms with Crippen molar-refractivity contribution < 1.29 is 18.7 Å². The van der Waals surface area contributed by atoms with Crippen LogP contribution in [-0.4, -0.2) is 21.0 Å². The molecule has 1 aromatic heterocycles. The summed E-state index contributed by atoms with van der Waals surface area (Å²) in [5, 5.41) is 12.3. The van der Waals surface area contributed by atoms with Crippen LogP contribution in [0.1, 0.15) is 10.4 Å². The third-order valence-corrected chi connectivity index (χ3v) is 3.69. The molecule has 126 valence electrons. The largest absolute Gasteiger partial charge is 0.507 e. The summed E-state index contributed by atoms with van der Waals surface area (Å²) >= 11 is 5.83. The number of carbonyl (C=O) groups excluding carboxylic acids is 1. The van der Waals surface area contributed by atoms with Crippen molar-refractivity contribution in [3.05, 3.63) is 71.1 Å². The molecule has 0 spiro atoms. The highest BCUT2D eigenvalue weighted by atomic mass is 35.5. The van der Waals surface area contributed by atoms with Gasteiger partial charge in [-0.2, -0.15) is 0 Å². The van der Waals surface area contributed by atoms with Gasteiger partial charge in [-0.15, -0.1) is 0 Å². The van der Waals surface area contributed by atoms with Crippen LogP contribution in [0.25, 0.3) is 11.3 Å². The van der Waals surface area contributed by atoms with E-state index in [0.717, 1.165) is 18.2 Å². The zero-order valence-corrected chi connectivity index (χ0v) is 13.3. The highest BCUT2D eigenvalue weighted by Gasteiger charge is 2.19. The Kier molecular flexibility index (Phi) is 4.58. The van der Waals surface area contributed by atoms with E-state index in [1.165, 1.54) is 30.7 Å². The molecule has 0 aliphatic heterocycles. The van der Waals surface area contributed by atoms with Gasteiger partial charge in [0.1, 0.15) is 17.4 Å². The second kappa shape index (κ2) is 6.82. The number of aromatic hydroxyl groups is 1. The lowest BCUT2D eigenvalue weighted by molar-refractivity contribution is 0.102. The number of nitrogens with one attached hydrogen (secondary N) is 1. The van der Waals surface area contributed by atoms with E-state index in [2.05, 4.69) is 15.3 Å². The molecule has 8 heteroatoms. The molecule has 0 bridgehead atoms. The van der Waals surface area contributed by atoms with Crippen molar-refractivity contribution in [2.45, 2.75) is 0 Å². The molecule has 0 fully saturated rings. The van der Waals surface area contributed by atoms with Gasteiger partial charge in [0.15, 0.2) is 0 Å². The summed E-state index contributed by atoms with van der Waals surface area (Å²) in [6.45, 7) is 0. The van der Waals surface area contributed by atoms with Crippen molar-refractivity contribution in [3.63, 3.8) is 0 Å². The van der Waals surface area contributed by atoms with Crippen molar-refractivity contribution in [1.82, 2.24) is 9.97 Å². The number of nitrogens with zero attached hydrogens (tertiary/aromatic N) is 2. The SMILES string of the molecule is O=C(Nc1c(F)cccc1Cl)c1cc(F)c(-c2cnccn2)cc1O. The summed E-state index contributed by atoms with van der Waals surface area (Å²) in [6.07, 6.45) is 4.10. The number of para-hydroxylation sites is 1. The van der Waals surface area contributed by atoms with Crippen LogP contribution in [0.15, 0.2) is 48.9 Å². The zero-order chi connectivity index (χ0) is 18.0. The Morgan fingerprint density at radius 2 is 1.96 bits per heavy atom. The number of hydrogen-bond donors (Lipinski definition) is 2. The van der Waals surface area contributed by atoms with Gasteiger partial charge in [0.05, 0.1) is 28.2 Å². The molecular weight excluding hydrogens is 352 g/mol. The van der Waals surface area contributed by atoms with Crippen molar-refractivity contribution in [3.8, 4) is 17.0 Å². The number of phenols is 1. The second-order valence-electron chi connectivity index (χ2n) is 4.99. The molecule has 0 unspecified atom stereocenters. The molecule has 0 saturated carbocycles. The van der Waals surface area contributed by atoms with Gasteiger partial charge in [-0.3, -0.25) is 14.8 Å². The maximum Gasteiger partial charge on any atom is 0.259 e. The fraction of sp³-hybridized carbons (Fsp3) is 0. The summed E-state index contributed by atoms with van der Waals surface area (Å²) in [5.74, 6) is -2.94. The molecule has 25 heavy (non-hydrogen) atoms. The van der Waals surface area contributed by atoms with E-state index in [0.29, 0.717) is 0 Å². The summed E-state index contributed by atoms with van der Waals surface area (Å²) in [7, 11) is 0. The minimum absolute atomic E-state index is 0.0222. The van der Waals surface area contributed by atoms with E-state index in [1.54, 1.807) is 0 Å². The van der Waals surface area contributed by atoms with Gasteiger partial charge in [0, 0.05) is 18.0 Å². The predicted octanol–water partition coefficient (Wildman–Crippen LogP) is 4.03. The number of amides is 1. The molecule has 3 rings (SSSR count). The van der Waals surface area contributed by atoms with E-state index >= 15 is 0 Å². The zero-order valence-electron chi connectivity index (χ0n) is 12.5. The van der Waals surface area contributed by atoms with Crippen LogP contribution in [0.2, 0.25) is 5.02 Å². The number of carbonyl (C=O) groups is 1. The minimum atomic E-state index is -0.908. The van der Waals surface area contributed by atoms with E-state index in [4.69, 9.17) is 11.6 Å². The predicted molar refractivity (Wildman–Crippen MR) is 88.5 cm³/mol. The Morgan fingerprint density at radius 1 is 1.16 bits per heavy atom. The maximum absolute atomic E-state index is 14.3. The number of halogens is 3. The van der Waals surface area contributed by atoms with Crippen molar-refractivity contribution in [2.24, 2.45) is 0 Å². The van der Waals surface area contributed by atoms with Crippen LogP contribution in [0.5, 0.6) is 5.75 Å². The highest BCUT2D eigenvalue weighted by molar-refractivity contribution is 6.34. The first-order valence-electron chi connectivity index (χ1n) is 7.01. The topological polar surface area (TPSA) is 75.1 Å². The molecule has 1 amide bonds. The average Bonchev–Trinajstić information content (AvgIpc) is 2.60. The van der Waals surface area contributed by atoms with E-state index in [-0.39, 0.29) is 27.5 Å². The minimum Gasteiger partial charge on any atom is -0.507 e. The lowest BCUT2D eigenvalue weighted by atomic mass is 10.1. The van der Waals surface area contributed by atoms with E-state index in [1.807, 2.05) is 0 Å². The smallest absolute Gasteiger partial charge is 0.259 e. The highest BCUT2D eigenvalue weighted by Crippen LogP contribution is 2.30. The summed E-state index contributed by atoms with van der Waals surface area (Å²) in [5.41, 5.74) is -0.457. The van der Waals surface area contributed by atoms with Gasteiger partial charge in [-0.25, -0.2) is 8.78 Å². The lowest BCUT2D eigenvalue weighted by Gasteiger charge is -2.11. The first-order chi connectivity index (χ1) is 12.0. The Morgan fingerprint density at radius 3 is 2.64 bits per heavy atom. The molecule has 2 N–H and O–H groups in total. The standard InChI is InChI=1S/C17H10ClF2N3O2/c18-11-2-1-3-12(19)16(11)23-17(25)10-6-13(20)9(7-15(10)24)14-8-21-4-5-22-14/h1-8,24H,(H,23,25). The number of anilines is 1. The number of aromatic nitrogens is 2. The molecule has 3 aromatic rings. The molecule has 2 aromatic carbocycles. The third-order valence-electron chi connectivity index (χ3n) is 3.37. The molecule has 0 aliphatic carbocycles. The molecule has 1 heterocycles. The van der Waals surface area contributed by atoms with Gasteiger partial charge in [-0.1, -0.05) is 17.7 Å². The summed E-state index contributed by atoms with van der Waals surface area (Å²) < 4.78 is 28.1. The van der Waals surface area contributed by atoms with E-state index in [9.17, 15) is 18.7 Å². The van der Waals surface area contributed by atoms with Crippen LogP contribution < -0.4 is 5.32 Å². The normalized spacial score (nSPS) is 10.5. The van der Waals surface area contributed by atoms with Crippen molar-refractivity contribution in [2.75, 3.05) is 5.32 Å². The number of benzene rings is 2. The fourth-order valence-corrected chi connectivity index (χ4v) is 2.39. The summed E-state index contributed by atoms with van der Waals surface area (Å²) in [6, 6.07) is 5.76. The summed E-state index contributed by atoms with van der Waals surface area (Å²) in [4.78, 5) is 20.0. The van der Waals surface area contributed by atoms with Crippen LogP contribution in [0.3, 0.4) is 0 Å². The van der Waals surface area contributed by atoms with Crippen LogP contribution in [0.4, 0.5) is 14.5 Å². The maximum atomic E-state index is 14.3. The van der Waals surface area contributed by atoms with Crippen LogP contribution in [0, 0.1) is 11.6 Å². The second-order valence-corrected chi connectivity index (χ2v) is 5.40. The number of phenolic OH excluding ortho intramolecular Hbond substituents is 1. The molecule has 0 radical (unpaired) electrons. The quantitative estimate of drug-likeness (QED) is 0.738. The van der Waals surface area contributed by atoms with E-state index < -0.39 is 23.3 Å². The van der Waals surface area contributed by atoms with Gasteiger partial charge < -0.3 is 10.4 Å². The molecule has 5 nitrogen and oxygen atoms in total. The van der Waals surface area contributed by atoms with Crippen LogP contribution in [-0.2, 0) is 0 Å². The number of hydrogen-bond acceptors (Lipinski definition) is 4. The monoisotopic (exact) mass is 361 g/mol. The van der Waals surface area contributed by atoms with Crippen LogP contribution >= 0.6 is 11.6 Å². The number of rotatable bonds is 3. The van der Waals surface area contributed by atoms with Crippen molar-refractivity contribution in [1.29, 1.82) is 0 Å².